The Balaban J connectivity index is 5.09. The van der Waals surface area contributed by atoms with Crippen LogP contribution in [-0.4, -0.2) is 23.5 Å². The third kappa shape index (κ3) is 6.32. The van der Waals surface area contributed by atoms with Gasteiger partial charge >= 0.3 is 0 Å². The van der Waals surface area contributed by atoms with Gasteiger partial charge in [-0.1, -0.05) is 41.5 Å². The summed E-state index contributed by atoms with van der Waals surface area (Å²) >= 11 is 0. The fraction of sp³-hybridized carbons (Fsp3) is 0.875. The van der Waals surface area contributed by atoms with Crippen LogP contribution in [0, 0.1) is 10.8 Å². The van der Waals surface area contributed by atoms with E-state index in [1.807, 2.05) is 12.4 Å². The molecule has 0 rings (SSSR count). The molecule has 0 spiro atoms. The lowest BCUT2D eigenvalue weighted by atomic mass is 9.82. The molecular formula is C16H32N2. The summed E-state index contributed by atoms with van der Waals surface area (Å²) in [5, 5.41) is 0. The van der Waals surface area contributed by atoms with Gasteiger partial charge < -0.3 is 0 Å². The summed E-state index contributed by atoms with van der Waals surface area (Å²) in [6.07, 6.45) is 4.09. The van der Waals surface area contributed by atoms with Crippen LogP contribution in [0.2, 0.25) is 0 Å². The monoisotopic (exact) mass is 252 g/mol. The van der Waals surface area contributed by atoms with E-state index >= 15 is 0 Å². The Kier molecular flexibility index (Phi) is 4.96. The minimum atomic E-state index is -0.206. The molecule has 0 heterocycles. The van der Waals surface area contributed by atoms with E-state index in [1.54, 1.807) is 0 Å². The van der Waals surface area contributed by atoms with Crippen LogP contribution in [0.25, 0.3) is 0 Å². The molecule has 0 saturated heterocycles. The second-order valence-corrected chi connectivity index (χ2v) is 8.37. The van der Waals surface area contributed by atoms with Gasteiger partial charge in [-0.15, -0.1) is 0 Å². The van der Waals surface area contributed by atoms with Gasteiger partial charge in [0.1, 0.15) is 0 Å². The van der Waals surface area contributed by atoms with E-state index < -0.39 is 0 Å². The lowest BCUT2D eigenvalue weighted by molar-refractivity contribution is 0.312. The zero-order valence-corrected chi connectivity index (χ0v) is 14.0. The van der Waals surface area contributed by atoms with Crippen molar-refractivity contribution in [2.45, 2.75) is 80.3 Å². The summed E-state index contributed by atoms with van der Waals surface area (Å²) in [7, 11) is 0. The molecule has 2 nitrogen and oxygen atoms in total. The van der Waals surface area contributed by atoms with Crippen molar-refractivity contribution in [3.63, 3.8) is 0 Å². The van der Waals surface area contributed by atoms with E-state index in [0.717, 1.165) is 0 Å². The molecule has 0 fully saturated rings. The van der Waals surface area contributed by atoms with Gasteiger partial charge in [0.15, 0.2) is 0 Å². The molecular weight excluding hydrogens is 220 g/mol. The third-order valence-corrected chi connectivity index (χ3v) is 3.05. The standard InChI is InChI=1S/C16H32N2/c1-13(2,3)11-17-15(7,8)16(9,10)18-12-14(4,5)6/h11-12H,1-10H3. The average molecular weight is 252 g/mol. The molecule has 0 radical (unpaired) electrons. The number of hydrogen-bond acceptors (Lipinski definition) is 2. The second kappa shape index (κ2) is 5.14. The van der Waals surface area contributed by atoms with Crippen LogP contribution >= 0.6 is 0 Å². The Labute approximate surface area is 114 Å². The fourth-order valence-corrected chi connectivity index (χ4v) is 1.03. The highest BCUT2D eigenvalue weighted by atomic mass is 15.0. The molecule has 0 N–H and O–H groups in total. The molecule has 0 aliphatic heterocycles. The summed E-state index contributed by atoms with van der Waals surface area (Å²) in [5.74, 6) is 0. The van der Waals surface area contributed by atoms with Gasteiger partial charge in [0.2, 0.25) is 0 Å². The highest BCUT2D eigenvalue weighted by Crippen LogP contribution is 2.30. The quantitative estimate of drug-likeness (QED) is 0.646. The Morgan fingerprint density at radius 3 is 0.889 bits per heavy atom. The minimum absolute atomic E-state index is 0.112. The zero-order chi connectivity index (χ0) is 14.8. The topological polar surface area (TPSA) is 24.7 Å². The maximum atomic E-state index is 4.76. The molecule has 0 aliphatic rings. The first-order chi connectivity index (χ1) is 7.66. The molecule has 0 saturated carbocycles. The SMILES string of the molecule is CC(C)(C)C=NC(C)(C)C(C)(C)N=CC(C)(C)C. The molecule has 0 aromatic heterocycles. The summed E-state index contributed by atoms with van der Waals surface area (Å²) in [4.78, 5) is 9.52. The van der Waals surface area contributed by atoms with Crippen molar-refractivity contribution in [3.05, 3.63) is 0 Å². The number of hydrogen-bond donors (Lipinski definition) is 0. The highest BCUT2D eigenvalue weighted by molar-refractivity contribution is 5.66. The molecule has 0 bridgehead atoms. The number of aliphatic imine (C=N–C) groups is 2. The van der Waals surface area contributed by atoms with Gasteiger partial charge in [-0.3, -0.25) is 9.98 Å². The van der Waals surface area contributed by atoms with Crippen molar-refractivity contribution >= 4 is 12.4 Å². The van der Waals surface area contributed by atoms with Gasteiger partial charge in [-0.2, -0.15) is 0 Å². The van der Waals surface area contributed by atoms with Crippen LogP contribution in [-0.2, 0) is 0 Å². The molecule has 0 aliphatic carbocycles. The average Bonchev–Trinajstić information content (AvgIpc) is 2.10. The van der Waals surface area contributed by atoms with E-state index in [9.17, 15) is 0 Å². The summed E-state index contributed by atoms with van der Waals surface area (Å²) in [6, 6.07) is 0. The van der Waals surface area contributed by atoms with E-state index in [2.05, 4.69) is 69.2 Å². The minimum Gasteiger partial charge on any atom is -0.288 e. The summed E-state index contributed by atoms with van der Waals surface area (Å²) in [5.41, 5.74) is -0.188. The highest BCUT2D eigenvalue weighted by Gasteiger charge is 2.36. The van der Waals surface area contributed by atoms with E-state index in [0.29, 0.717) is 0 Å². The fourth-order valence-electron chi connectivity index (χ4n) is 1.03. The number of nitrogens with zero attached hydrogens (tertiary/aromatic N) is 2. The predicted octanol–water partition coefficient (Wildman–Crippen LogP) is 4.78. The Morgan fingerprint density at radius 1 is 0.500 bits per heavy atom. The van der Waals surface area contributed by atoms with Crippen LogP contribution in [0.1, 0.15) is 69.2 Å². The van der Waals surface area contributed by atoms with Crippen molar-refractivity contribution < 1.29 is 0 Å². The molecule has 0 atom stereocenters. The smallest absolute Gasteiger partial charge is 0.0793 e. The van der Waals surface area contributed by atoms with Crippen molar-refractivity contribution in [3.8, 4) is 0 Å². The molecule has 0 aromatic carbocycles. The first-order valence-electron chi connectivity index (χ1n) is 6.79. The normalized spacial score (nSPS) is 15.9. The van der Waals surface area contributed by atoms with Crippen LogP contribution < -0.4 is 0 Å². The molecule has 18 heavy (non-hydrogen) atoms. The molecule has 2 heteroatoms. The lowest BCUT2D eigenvalue weighted by Crippen LogP contribution is -2.43. The second-order valence-electron chi connectivity index (χ2n) is 8.37. The van der Waals surface area contributed by atoms with Gasteiger partial charge in [-0.05, 0) is 38.5 Å². The Hall–Kier alpha value is -0.660. The molecule has 0 aromatic rings. The van der Waals surface area contributed by atoms with Gasteiger partial charge in [0.05, 0.1) is 11.1 Å². The van der Waals surface area contributed by atoms with Crippen molar-refractivity contribution in [2.75, 3.05) is 0 Å². The molecule has 0 amide bonds. The summed E-state index contributed by atoms with van der Waals surface area (Å²) < 4.78 is 0. The zero-order valence-electron chi connectivity index (χ0n) is 14.0. The van der Waals surface area contributed by atoms with Crippen LogP contribution in [0.5, 0.6) is 0 Å². The summed E-state index contributed by atoms with van der Waals surface area (Å²) in [6.45, 7) is 21.6. The van der Waals surface area contributed by atoms with Crippen molar-refractivity contribution in [1.82, 2.24) is 0 Å². The van der Waals surface area contributed by atoms with Gasteiger partial charge in [0.25, 0.3) is 0 Å². The van der Waals surface area contributed by atoms with Crippen LogP contribution in [0.15, 0.2) is 9.98 Å². The van der Waals surface area contributed by atoms with Crippen LogP contribution in [0.3, 0.4) is 0 Å². The predicted molar refractivity (Wildman–Crippen MR) is 84.1 cm³/mol. The van der Waals surface area contributed by atoms with Crippen LogP contribution in [0.4, 0.5) is 0 Å². The maximum Gasteiger partial charge on any atom is 0.0793 e. The lowest BCUT2D eigenvalue weighted by Gasteiger charge is -2.36. The molecule has 0 unspecified atom stereocenters. The third-order valence-electron chi connectivity index (χ3n) is 3.05. The van der Waals surface area contributed by atoms with Gasteiger partial charge in [0, 0.05) is 12.4 Å². The first kappa shape index (κ1) is 17.3. The Morgan fingerprint density at radius 2 is 0.722 bits per heavy atom. The van der Waals surface area contributed by atoms with Crippen molar-refractivity contribution in [1.29, 1.82) is 0 Å². The largest absolute Gasteiger partial charge is 0.288 e. The first-order valence-corrected chi connectivity index (χ1v) is 6.79. The van der Waals surface area contributed by atoms with E-state index in [-0.39, 0.29) is 21.9 Å². The van der Waals surface area contributed by atoms with Crippen molar-refractivity contribution in [2.24, 2.45) is 20.8 Å². The van der Waals surface area contributed by atoms with E-state index in [4.69, 9.17) is 9.98 Å². The Bertz CT molecular complexity index is 286. The molecule has 106 valence electrons. The van der Waals surface area contributed by atoms with E-state index in [1.165, 1.54) is 0 Å². The van der Waals surface area contributed by atoms with Gasteiger partial charge in [-0.25, -0.2) is 0 Å². The maximum absolute atomic E-state index is 4.76. The number of rotatable bonds is 3.